The summed E-state index contributed by atoms with van der Waals surface area (Å²) in [7, 11) is 0.235. The molecule has 106 valence electrons. The van der Waals surface area contributed by atoms with Crippen LogP contribution in [-0.4, -0.2) is 11.7 Å². The largest absolute Gasteiger partial charge is 0.289 e. The van der Waals surface area contributed by atoms with E-state index in [9.17, 15) is 4.79 Å². The summed E-state index contributed by atoms with van der Waals surface area (Å²) in [5.74, 6) is 0.531. The van der Waals surface area contributed by atoms with Crippen molar-refractivity contribution in [3.63, 3.8) is 0 Å². The molecule has 19 heavy (non-hydrogen) atoms. The first-order chi connectivity index (χ1) is 8.70. The fourth-order valence-corrected chi connectivity index (χ4v) is 4.04. The quantitative estimate of drug-likeness (QED) is 0.619. The van der Waals surface area contributed by atoms with E-state index in [1.807, 2.05) is 0 Å². The molecule has 2 atom stereocenters. The summed E-state index contributed by atoms with van der Waals surface area (Å²) in [4.78, 5) is 12.2. The zero-order valence-electron chi connectivity index (χ0n) is 11.9. The van der Waals surface area contributed by atoms with Gasteiger partial charge in [-0.3, -0.25) is 4.79 Å². The van der Waals surface area contributed by atoms with Gasteiger partial charge in [-0.2, -0.15) is 0 Å². The van der Waals surface area contributed by atoms with E-state index in [1.165, 1.54) is 0 Å². The van der Waals surface area contributed by atoms with Gasteiger partial charge in [0.2, 0.25) is 0 Å². The summed E-state index contributed by atoms with van der Waals surface area (Å²) in [5, 5.41) is 0.905. The topological polar surface area (TPSA) is 17.1 Å². The molecule has 1 nitrogen and oxygen atoms in total. The Morgan fingerprint density at radius 2 is 1.79 bits per heavy atom. The van der Waals surface area contributed by atoms with Gasteiger partial charge in [0, 0.05) is 0 Å². The minimum Gasteiger partial charge on any atom is -0.289 e. The molecule has 0 fully saturated rings. The lowest BCUT2D eigenvalue weighted by molar-refractivity contribution is 0.108. The zero-order valence-corrected chi connectivity index (χ0v) is 14.4. The van der Waals surface area contributed by atoms with Crippen molar-refractivity contribution < 1.29 is 4.79 Å². The van der Waals surface area contributed by atoms with E-state index < -0.39 is 0 Å². The molecule has 0 aliphatic carbocycles. The lowest BCUT2D eigenvalue weighted by atomic mass is 9.86. The van der Waals surface area contributed by atoms with Crippen LogP contribution in [0.2, 0.25) is 10.0 Å². The number of rotatable bonds is 5. The molecule has 0 bridgehead atoms. The van der Waals surface area contributed by atoms with Crippen LogP contribution in [0, 0.1) is 11.3 Å². The van der Waals surface area contributed by atoms with Crippen molar-refractivity contribution in [2.75, 3.05) is 6.16 Å². The second-order valence-electron chi connectivity index (χ2n) is 6.18. The summed E-state index contributed by atoms with van der Waals surface area (Å²) >= 11 is 12.1. The van der Waals surface area contributed by atoms with Gasteiger partial charge >= 0.3 is 0 Å². The van der Waals surface area contributed by atoms with Gasteiger partial charge in [0.1, 0.15) is 0 Å². The monoisotopic (exact) mass is 318 g/mol. The SMILES string of the molecule is CC(CPC(=O)c1c(Cl)cccc1Cl)CC(C)(C)C. The lowest BCUT2D eigenvalue weighted by Crippen LogP contribution is -2.13. The van der Waals surface area contributed by atoms with Crippen molar-refractivity contribution in [2.24, 2.45) is 11.3 Å². The first-order valence-electron chi connectivity index (χ1n) is 6.43. The van der Waals surface area contributed by atoms with Crippen LogP contribution >= 0.6 is 31.8 Å². The fourth-order valence-electron chi connectivity index (χ4n) is 2.19. The Morgan fingerprint density at radius 3 is 2.26 bits per heavy atom. The molecule has 0 saturated heterocycles. The van der Waals surface area contributed by atoms with Crippen molar-refractivity contribution in [3.05, 3.63) is 33.8 Å². The van der Waals surface area contributed by atoms with Crippen molar-refractivity contribution in [1.82, 2.24) is 0 Å². The lowest BCUT2D eigenvalue weighted by Gasteiger charge is -2.23. The van der Waals surface area contributed by atoms with Gasteiger partial charge in [-0.15, -0.1) is 0 Å². The molecule has 2 unspecified atom stereocenters. The summed E-state index contributed by atoms with van der Waals surface area (Å²) < 4.78 is 0. The van der Waals surface area contributed by atoms with Crippen molar-refractivity contribution >= 4 is 37.3 Å². The standard InChI is InChI=1S/C15H21Cl2OP/c1-10(8-15(2,3)4)9-19-14(18)13-11(16)6-5-7-12(13)17/h5-7,10,19H,8-9H2,1-4H3. The van der Waals surface area contributed by atoms with Crippen molar-refractivity contribution in [1.29, 1.82) is 0 Å². The number of halogens is 2. The smallest absolute Gasteiger partial charge is 0.184 e. The predicted octanol–water partition coefficient (Wildman–Crippen LogP) is 5.88. The average molecular weight is 319 g/mol. The van der Waals surface area contributed by atoms with Crippen LogP contribution in [0.5, 0.6) is 0 Å². The van der Waals surface area contributed by atoms with Crippen LogP contribution in [0.1, 0.15) is 44.5 Å². The molecule has 1 aromatic carbocycles. The highest BCUT2D eigenvalue weighted by Gasteiger charge is 2.18. The summed E-state index contributed by atoms with van der Waals surface area (Å²) in [5.41, 5.74) is 0.845. The maximum atomic E-state index is 12.2. The van der Waals surface area contributed by atoms with Crippen molar-refractivity contribution in [3.8, 4) is 0 Å². The molecule has 0 heterocycles. The maximum Gasteiger partial charge on any atom is 0.184 e. The molecule has 0 spiro atoms. The van der Waals surface area contributed by atoms with Crippen LogP contribution in [0.15, 0.2) is 18.2 Å². The normalized spacial score (nSPS) is 14.0. The number of hydrogen-bond acceptors (Lipinski definition) is 1. The van der Waals surface area contributed by atoms with E-state index in [0.717, 1.165) is 12.6 Å². The van der Waals surface area contributed by atoms with Gasteiger partial charge in [-0.05, 0) is 44.6 Å². The van der Waals surface area contributed by atoms with E-state index in [-0.39, 0.29) is 14.1 Å². The van der Waals surface area contributed by atoms with Crippen LogP contribution in [-0.2, 0) is 0 Å². The molecule has 4 heteroatoms. The van der Waals surface area contributed by atoms with Crippen LogP contribution in [0.3, 0.4) is 0 Å². The number of carbonyl (C=O) groups excluding carboxylic acids is 1. The number of hydrogen-bond donors (Lipinski definition) is 0. The van der Waals surface area contributed by atoms with E-state index >= 15 is 0 Å². The predicted molar refractivity (Wildman–Crippen MR) is 87.2 cm³/mol. The van der Waals surface area contributed by atoms with Gasteiger partial charge in [-0.25, -0.2) is 0 Å². The van der Waals surface area contributed by atoms with Gasteiger partial charge in [-0.1, -0.05) is 57.0 Å². The molecule has 0 aliphatic heterocycles. The molecular weight excluding hydrogens is 298 g/mol. The third kappa shape index (κ3) is 5.81. The molecule has 1 aromatic rings. The molecule has 0 saturated carbocycles. The molecule has 1 rings (SSSR count). The fraction of sp³-hybridized carbons (Fsp3) is 0.533. The van der Waals surface area contributed by atoms with E-state index in [0.29, 0.717) is 26.9 Å². The third-order valence-electron chi connectivity index (χ3n) is 2.76. The molecular formula is C15H21Cl2OP. The molecule has 0 radical (unpaired) electrons. The van der Waals surface area contributed by atoms with Gasteiger partial charge in [0.05, 0.1) is 15.6 Å². The van der Waals surface area contributed by atoms with Crippen LogP contribution in [0.4, 0.5) is 0 Å². The van der Waals surface area contributed by atoms with Crippen LogP contribution in [0.25, 0.3) is 0 Å². The van der Waals surface area contributed by atoms with Crippen LogP contribution < -0.4 is 0 Å². The van der Waals surface area contributed by atoms with E-state index in [4.69, 9.17) is 23.2 Å². The minimum absolute atomic E-state index is 0.0661. The molecule has 0 aliphatic rings. The van der Waals surface area contributed by atoms with Gasteiger partial charge < -0.3 is 0 Å². The highest BCUT2D eigenvalue weighted by molar-refractivity contribution is 7.58. The summed E-state index contributed by atoms with van der Waals surface area (Å²) in [6.07, 6.45) is 2.02. The Balaban J connectivity index is 2.61. The zero-order chi connectivity index (χ0) is 14.6. The third-order valence-corrected chi connectivity index (χ3v) is 4.86. The second-order valence-corrected chi connectivity index (χ2v) is 8.21. The summed E-state index contributed by atoms with van der Waals surface area (Å²) in [6.45, 7) is 8.86. The number of benzene rings is 1. The number of carbonyl (C=O) groups is 1. The first kappa shape index (κ1) is 17.0. The molecule has 0 aromatic heterocycles. The Bertz CT molecular complexity index is 432. The minimum atomic E-state index is 0.0661. The molecule has 0 amide bonds. The van der Waals surface area contributed by atoms with Gasteiger partial charge in [0.15, 0.2) is 5.52 Å². The van der Waals surface area contributed by atoms with Gasteiger partial charge in [0.25, 0.3) is 0 Å². The average Bonchev–Trinajstić information content (AvgIpc) is 2.23. The Hall–Kier alpha value is -0.100. The van der Waals surface area contributed by atoms with Crippen molar-refractivity contribution in [2.45, 2.75) is 34.1 Å². The Kier molecular flexibility index (Phi) is 6.30. The Labute approximate surface area is 127 Å². The highest BCUT2D eigenvalue weighted by Crippen LogP contribution is 2.34. The second kappa shape index (κ2) is 7.07. The van der Waals surface area contributed by atoms with E-state index in [1.54, 1.807) is 18.2 Å². The van der Waals surface area contributed by atoms with E-state index in [2.05, 4.69) is 27.7 Å². The highest BCUT2D eigenvalue weighted by atomic mass is 35.5. The summed E-state index contributed by atoms with van der Waals surface area (Å²) in [6, 6.07) is 5.18. The molecule has 0 N–H and O–H groups in total. The Morgan fingerprint density at radius 1 is 1.26 bits per heavy atom. The maximum absolute atomic E-state index is 12.2. The first-order valence-corrected chi connectivity index (χ1v) is 8.39.